The Bertz CT molecular complexity index is 182. The fourth-order valence-corrected chi connectivity index (χ4v) is 1.88. The lowest BCUT2D eigenvalue weighted by Crippen LogP contribution is -2.43. The zero-order valence-electron chi connectivity index (χ0n) is 8.84. The average Bonchev–Trinajstić information content (AvgIpc) is 2.26. The predicted molar refractivity (Wildman–Crippen MR) is 53.5 cm³/mol. The molecule has 0 radical (unpaired) electrons. The van der Waals surface area contributed by atoms with Crippen molar-refractivity contribution in [3.05, 3.63) is 0 Å². The first-order valence-electron chi connectivity index (χ1n) is 5.15. The second-order valence-electron chi connectivity index (χ2n) is 3.89. The van der Waals surface area contributed by atoms with Gasteiger partial charge in [-0.05, 0) is 32.7 Å². The molecular weight excluding hydrogens is 164 g/mol. The topological polar surface area (TPSA) is 32.3 Å². The highest BCUT2D eigenvalue weighted by molar-refractivity contribution is 5.82. The molecule has 1 saturated heterocycles. The predicted octanol–water partition coefficient (Wildman–Crippen LogP) is 0.853. The zero-order valence-corrected chi connectivity index (χ0v) is 8.84. The van der Waals surface area contributed by atoms with Crippen molar-refractivity contribution in [3.63, 3.8) is 0 Å². The highest BCUT2D eigenvalue weighted by Crippen LogP contribution is 2.17. The summed E-state index contributed by atoms with van der Waals surface area (Å²) in [5.41, 5.74) is 0. The Balaban J connectivity index is 2.67. The Morgan fingerprint density at radius 2 is 2.31 bits per heavy atom. The lowest BCUT2D eigenvalue weighted by Gasteiger charge is -2.22. The smallest absolute Gasteiger partial charge is 0.239 e. The number of nitrogens with zero attached hydrogens (tertiary/aromatic N) is 1. The third-order valence-electron chi connectivity index (χ3n) is 2.87. The molecule has 0 aromatic heterocycles. The van der Waals surface area contributed by atoms with Gasteiger partial charge in [0.2, 0.25) is 5.91 Å². The maximum absolute atomic E-state index is 11.8. The molecule has 1 N–H and O–H groups in total. The zero-order chi connectivity index (χ0) is 9.84. The van der Waals surface area contributed by atoms with E-state index in [4.69, 9.17) is 0 Å². The van der Waals surface area contributed by atoms with E-state index in [1.165, 1.54) is 0 Å². The number of likely N-dealkylation sites (N-methyl/N-ethyl adjacent to an activating group) is 2. The number of rotatable bonds is 2. The summed E-state index contributed by atoms with van der Waals surface area (Å²) < 4.78 is 0. The summed E-state index contributed by atoms with van der Waals surface area (Å²) in [7, 11) is 1.87. The summed E-state index contributed by atoms with van der Waals surface area (Å²) in [4.78, 5) is 13.8. The summed E-state index contributed by atoms with van der Waals surface area (Å²) in [5.74, 6) is 0.923. The van der Waals surface area contributed by atoms with Crippen LogP contribution >= 0.6 is 0 Å². The monoisotopic (exact) mass is 184 g/mol. The fraction of sp³-hybridized carbons (Fsp3) is 0.900. The third-order valence-corrected chi connectivity index (χ3v) is 2.87. The van der Waals surface area contributed by atoms with Crippen molar-refractivity contribution in [2.75, 3.05) is 20.1 Å². The van der Waals surface area contributed by atoms with Crippen molar-refractivity contribution < 1.29 is 4.79 Å². The van der Waals surface area contributed by atoms with Gasteiger partial charge in [-0.3, -0.25) is 4.79 Å². The van der Waals surface area contributed by atoms with Crippen LogP contribution in [0.15, 0.2) is 0 Å². The Morgan fingerprint density at radius 3 is 2.85 bits per heavy atom. The molecule has 1 aliphatic heterocycles. The van der Waals surface area contributed by atoms with E-state index >= 15 is 0 Å². The number of nitrogens with one attached hydrogen (secondary N) is 1. The van der Waals surface area contributed by atoms with Gasteiger partial charge in [-0.25, -0.2) is 0 Å². The third kappa shape index (κ3) is 2.44. The molecule has 0 spiro atoms. The summed E-state index contributed by atoms with van der Waals surface area (Å²) in [6.07, 6.45) is 2.11. The SMILES string of the molecule is CCN1CCC(C)CC(NC)C1=O. The van der Waals surface area contributed by atoms with Gasteiger partial charge in [0, 0.05) is 13.1 Å². The van der Waals surface area contributed by atoms with Crippen LogP contribution in [-0.2, 0) is 4.79 Å². The molecule has 1 heterocycles. The minimum absolute atomic E-state index is 0.0393. The van der Waals surface area contributed by atoms with Crippen LogP contribution in [0.5, 0.6) is 0 Å². The molecule has 1 aliphatic rings. The molecule has 13 heavy (non-hydrogen) atoms. The minimum atomic E-state index is 0.0393. The maximum Gasteiger partial charge on any atom is 0.239 e. The van der Waals surface area contributed by atoms with Gasteiger partial charge in [0.15, 0.2) is 0 Å². The van der Waals surface area contributed by atoms with E-state index in [0.717, 1.165) is 25.9 Å². The lowest BCUT2D eigenvalue weighted by molar-refractivity contribution is -0.132. The van der Waals surface area contributed by atoms with E-state index in [1.54, 1.807) is 0 Å². The number of amides is 1. The molecule has 0 bridgehead atoms. The van der Waals surface area contributed by atoms with Crippen molar-refractivity contribution in [1.82, 2.24) is 10.2 Å². The Labute approximate surface area is 80.5 Å². The van der Waals surface area contributed by atoms with E-state index in [1.807, 2.05) is 18.9 Å². The highest BCUT2D eigenvalue weighted by Gasteiger charge is 2.27. The van der Waals surface area contributed by atoms with Crippen molar-refractivity contribution in [3.8, 4) is 0 Å². The summed E-state index contributed by atoms with van der Waals surface area (Å²) in [5, 5.41) is 3.10. The minimum Gasteiger partial charge on any atom is -0.342 e. The Hall–Kier alpha value is -0.570. The van der Waals surface area contributed by atoms with Gasteiger partial charge in [-0.1, -0.05) is 6.92 Å². The van der Waals surface area contributed by atoms with Crippen molar-refractivity contribution in [2.24, 2.45) is 5.92 Å². The molecule has 3 heteroatoms. The molecule has 1 amide bonds. The average molecular weight is 184 g/mol. The standard InChI is InChI=1S/C10H20N2O/c1-4-12-6-5-8(2)7-9(11-3)10(12)13/h8-9,11H,4-7H2,1-3H3. The Morgan fingerprint density at radius 1 is 1.62 bits per heavy atom. The first-order valence-corrected chi connectivity index (χ1v) is 5.15. The summed E-state index contributed by atoms with van der Waals surface area (Å²) in [6.45, 7) is 6.02. The largest absolute Gasteiger partial charge is 0.342 e. The van der Waals surface area contributed by atoms with Gasteiger partial charge in [0.05, 0.1) is 6.04 Å². The second-order valence-corrected chi connectivity index (χ2v) is 3.89. The van der Waals surface area contributed by atoms with Crippen LogP contribution in [0.25, 0.3) is 0 Å². The molecule has 2 atom stereocenters. The van der Waals surface area contributed by atoms with Crippen LogP contribution in [-0.4, -0.2) is 37.0 Å². The summed E-state index contributed by atoms with van der Waals surface area (Å²) >= 11 is 0. The molecule has 0 aliphatic carbocycles. The van der Waals surface area contributed by atoms with Gasteiger partial charge in [-0.2, -0.15) is 0 Å². The first-order chi connectivity index (χ1) is 6.19. The number of carbonyl (C=O) groups is 1. The van der Waals surface area contributed by atoms with Crippen LogP contribution in [0, 0.1) is 5.92 Å². The fourth-order valence-electron chi connectivity index (χ4n) is 1.88. The van der Waals surface area contributed by atoms with E-state index in [-0.39, 0.29) is 11.9 Å². The van der Waals surface area contributed by atoms with Gasteiger partial charge < -0.3 is 10.2 Å². The lowest BCUT2D eigenvalue weighted by atomic mass is 10.0. The van der Waals surface area contributed by atoms with Crippen LogP contribution in [0.4, 0.5) is 0 Å². The molecule has 0 aromatic rings. The van der Waals surface area contributed by atoms with Crippen LogP contribution in [0.1, 0.15) is 26.7 Å². The molecule has 3 nitrogen and oxygen atoms in total. The van der Waals surface area contributed by atoms with E-state index < -0.39 is 0 Å². The molecule has 1 rings (SSSR count). The number of hydrogen-bond donors (Lipinski definition) is 1. The Kier molecular flexibility index (Phi) is 3.72. The van der Waals surface area contributed by atoms with Gasteiger partial charge in [0.1, 0.15) is 0 Å². The molecule has 76 valence electrons. The van der Waals surface area contributed by atoms with E-state index in [2.05, 4.69) is 12.2 Å². The number of hydrogen-bond acceptors (Lipinski definition) is 2. The molecule has 1 fully saturated rings. The van der Waals surface area contributed by atoms with Crippen molar-refractivity contribution in [1.29, 1.82) is 0 Å². The van der Waals surface area contributed by atoms with Crippen molar-refractivity contribution in [2.45, 2.75) is 32.7 Å². The molecule has 2 unspecified atom stereocenters. The molecular formula is C10H20N2O. The second kappa shape index (κ2) is 4.61. The van der Waals surface area contributed by atoms with Crippen LogP contribution in [0.3, 0.4) is 0 Å². The van der Waals surface area contributed by atoms with Gasteiger partial charge in [0.25, 0.3) is 0 Å². The van der Waals surface area contributed by atoms with E-state index in [0.29, 0.717) is 5.92 Å². The van der Waals surface area contributed by atoms with Crippen molar-refractivity contribution >= 4 is 5.91 Å². The number of likely N-dealkylation sites (tertiary alicyclic amines) is 1. The van der Waals surface area contributed by atoms with Crippen LogP contribution < -0.4 is 5.32 Å². The van der Waals surface area contributed by atoms with E-state index in [9.17, 15) is 4.79 Å². The molecule has 0 aromatic carbocycles. The number of carbonyl (C=O) groups excluding carboxylic acids is 1. The van der Waals surface area contributed by atoms with Gasteiger partial charge >= 0.3 is 0 Å². The molecule has 0 saturated carbocycles. The highest BCUT2D eigenvalue weighted by atomic mass is 16.2. The summed E-state index contributed by atoms with van der Waals surface area (Å²) in [6, 6.07) is 0.0393. The van der Waals surface area contributed by atoms with Crippen LogP contribution in [0.2, 0.25) is 0 Å². The maximum atomic E-state index is 11.8. The quantitative estimate of drug-likeness (QED) is 0.690. The normalized spacial score (nSPS) is 30.4. The first kappa shape index (κ1) is 10.5. The van der Waals surface area contributed by atoms with Gasteiger partial charge in [-0.15, -0.1) is 0 Å².